The van der Waals surface area contributed by atoms with Crippen molar-refractivity contribution in [2.45, 2.75) is 32.4 Å². The molecule has 3 heterocycles. The largest absolute Gasteiger partial charge is 0.355 e. The number of likely N-dealkylation sites (tertiary alicyclic amines) is 1. The maximum absolute atomic E-state index is 6.15. The number of piperidine rings is 1. The monoisotopic (exact) mass is 291 g/mol. The maximum atomic E-state index is 6.15. The maximum Gasteiger partial charge on any atom is 0.177 e. The van der Waals surface area contributed by atoms with Gasteiger partial charge in [0, 0.05) is 31.7 Å². The van der Waals surface area contributed by atoms with E-state index in [0.717, 1.165) is 48.8 Å². The summed E-state index contributed by atoms with van der Waals surface area (Å²) in [6.45, 7) is 5.20. The van der Waals surface area contributed by atoms with Crippen molar-refractivity contribution < 1.29 is 4.52 Å². The summed E-state index contributed by atoms with van der Waals surface area (Å²) in [4.78, 5) is 3.57. The van der Waals surface area contributed by atoms with Crippen molar-refractivity contribution >= 4 is 11.3 Å². The Hall–Kier alpha value is -1.17. The number of nitrogens with two attached hydrogens (primary N) is 1. The number of hydrogen-bond acceptors (Lipinski definition) is 5. The van der Waals surface area contributed by atoms with Gasteiger partial charge < -0.3 is 10.3 Å². The van der Waals surface area contributed by atoms with Gasteiger partial charge in [0.2, 0.25) is 0 Å². The van der Waals surface area contributed by atoms with Crippen LogP contribution in [-0.4, -0.2) is 29.2 Å². The van der Waals surface area contributed by atoms with Crippen molar-refractivity contribution in [3.8, 4) is 10.6 Å². The van der Waals surface area contributed by atoms with E-state index in [4.69, 9.17) is 10.3 Å². The number of thiophene rings is 1. The van der Waals surface area contributed by atoms with E-state index < -0.39 is 0 Å². The summed E-state index contributed by atoms with van der Waals surface area (Å²) in [6.07, 6.45) is 2.23. The van der Waals surface area contributed by atoms with E-state index in [1.165, 1.54) is 0 Å². The van der Waals surface area contributed by atoms with Gasteiger partial charge in [-0.1, -0.05) is 24.6 Å². The highest BCUT2D eigenvalue weighted by Crippen LogP contribution is 2.26. The molecule has 20 heavy (non-hydrogen) atoms. The highest BCUT2D eigenvalue weighted by atomic mass is 32.1. The third-order valence-electron chi connectivity index (χ3n) is 4.11. The molecule has 5 heteroatoms. The second-order valence-corrected chi connectivity index (χ2v) is 6.46. The third kappa shape index (κ3) is 2.95. The smallest absolute Gasteiger partial charge is 0.177 e. The van der Waals surface area contributed by atoms with Gasteiger partial charge in [-0.2, -0.15) is 0 Å². The highest BCUT2D eigenvalue weighted by Gasteiger charge is 2.25. The van der Waals surface area contributed by atoms with Gasteiger partial charge in [0.1, 0.15) is 0 Å². The van der Waals surface area contributed by atoms with Gasteiger partial charge in [-0.15, -0.1) is 11.3 Å². The van der Waals surface area contributed by atoms with E-state index >= 15 is 0 Å². The fourth-order valence-electron chi connectivity index (χ4n) is 2.85. The number of aromatic nitrogens is 1. The van der Waals surface area contributed by atoms with E-state index in [1.54, 1.807) is 11.3 Å². The fraction of sp³-hybridized carbons (Fsp3) is 0.533. The molecule has 1 fully saturated rings. The first-order valence-corrected chi connectivity index (χ1v) is 8.11. The van der Waals surface area contributed by atoms with E-state index in [2.05, 4.69) is 34.5 Å². The molecule has 0 amide bonds. The zero-order chi connectivity index (χ0) is 13.9. The first-order chi connectivity index (χ1) is 9.76. The van der Waals surface area contributed by atoms with Crippen LogP contribution in [0.25, 0.3) is 10.6 Å². The lowest BCUT2D eigenvalue weighted by molar-refractivity contribution is 0.142. The predicted molar refractivity (Wildman–Crippen MR) is 81.5 cm³/mol. The van der Waals surface area contributed by atoms with Crippen LogP contribution in [0.3, 0.4) is 0 Å². The molecule has 2 unspecified atom stereocenters. The summed E-state index contributed by atoms with van der Waals surface area (Å²) in [5, 5.41) is 6.25. The summed E-state index contributed by atoms with van der Waals surface area (Å²) in [6, 6.07) is 6.50. The molecule has 0 spiro atoms. The van der Waals surface area contributed by atoms with Crippen LogP contribution in [0, 0.1) is 5.92 Å². The van der Waals surface area contributed by atoms with Crippen LogP contribution in [0.15, 0.2) is 28.1 Å². The second-order valence-electron chi connectivity index (χ2n) is 5.52. The van der Waals surface area contributed by atoms with Gasteiger partial charge in [-0.3, -0.25) is 4.90 Å². The Kier molecular flexibility index (Phi) is 4.19. The molecule has 4 nitrogen and oxygen atoms in total. The molecule has 2 atom stereocenters. The lowest BCUT2D eigenvalue weighted by Gasteiger charge is -2.36. The Balaban J connectivity index is 1.64. The highest BCUT2D eigenvalue weighted by molar-refractivity contribution is 7.13. The van der Waals surface area contributed by atoms with Crippen LogP contribution >= 0.6 is 11.3 Å². The first-order valence-electron chi connectivity index (χ1n) is 7.23. The van der Waals surface area contributed by atoms with Crippen LogP contribution < -0.4 is 5.73 Å². The molecule has 0 saturated carbocycles. The summed E-state index contributed by atoms with van der Waals surface area (Å²) >= 11 is 1.68. The van der Waals surface area contributed by atoms with Crippen LogP contribution in [0.1, 0.15) is 25.5 Å². The Morgan fingerprint density at radius 2 is 2.45 bits per heavy atom. The lowest BCUT2D eigenvalue weighted by Crippen LogP contribution is -2.46. The molecular formula is C15H21N3OS. The SMILES string of the molecule is CCC1CN(Cc2cc(-c3cccs3)on2)CCC1N. The summed E-state index contributed by atoms with van der Waals surface area (Å²) in [7, 11) is 0. The molecule has 2 aromatic heterocycles. The van der Waals surface area contributed by atoms with Gasteiger partial charge >= 0.3 is 0 Å². The summed E-state index contributed by atoms with van der Waals surface area (Å²) in [5.74, 6) is 1.48. The minimum absolute atomic E-state index is 0.357. The summed E-state index contributed by atoms with van der Waals surface area (Å²) in [5.41, 5.74) is 7.17. The standard InChI is InChI=1S/C15H21N3OS/c1-2-11-9-18(6-5-13(11)16)10-12-8-14(19-17-12)15-4-3-7-20-15/h3-4,7-8,11,13H,2,5-6,9-10,16H2,1H3. The first kappa shape index (κ1) is 13.8. The van der Waals surface area contributed by atoms with Crippen LogP contribution in [0.5, 0.6) is 0 Å². The zero-order valence-electron chi connectivity index (χ0n) is 11.8. The molecule has 0 aliphatic carbocycles. The van der Waals surface area contributed by atoms with Crippen LogP contribution in [0.2, 0.25) is 0 Å². The number of nitrogens with zero attached hydrogens (tertiary/aromatic N) is 2. The normalized spacial score (nSPS) is 24.1. The molecule has 2 N–H and O–H groups in total. The Morgan fingerprint density at radius 3 is 3.20 bits per heavy atom. The topological polar surface area (TPSA) is 55.3 Å². The van der Waals surface area contributed by atoms with Crippen LogP contribution in [0.4, 0.5) is 0 Å². The van der Waals surface area contributed by atoms with E-state index in [1.807, 2.05) is 6.07 Å². The van der Waals surface area contributed by atoms with Crippen LogP contribution in [-0.2, 0) is 6.54 Å². The molecule has 3 rings (SSSR count). The molecule has 0 radical (unpaired) electrons. The van der Waals surface area contributed by atoms with Gasteiger partial charge in [0.05, 0.1) is 10.6 Å². The van der Waals surface area contributed by atoms with Crippen molar-refractivity contribution in [2.24, 2.45) is 11.7 Å². The Bertz CT molecular complexity index is 537. The number of hydrogen-bond donors (Lipinski definition) is 1. The van der Waals surface area contributed by atoms with Crippen molar-refractivity contribution in [1.82, 2.24) is 10.1 Å². The van der Waals surface area contributed by atoms with Crippen molar-refractivity contribution in [1.29, 1.82) is 0 Å². The second kappa shape index (κ2) is 6.08. The van der Waals surface area contributed by atoms with Gasteiger partial charge in [-0.25, -0.2) is 0 Å². The minimum Gasteiger partial charge on any atom is -0.355 e. The summed E-state index contributed by atoms with van der Waals surface area (Å²) < 4.78 is 5.43. The Labute approximate surface area is 123 Å². The lowest BCUT2D eigenvalue weighted by atomic mass is 9.91. The molecular weight excluding hydrogens is 270 g/mol. The molecule has 108 valence electrons. The molecule has 0 bridgehead atoms. The van der Waals surface area contributed by atoms with Gasteiger partial charge in [0.15, 0.2) is 5.76 Å². The third-order valence-corrected chi connectivity index (χ3v) is 4.99. The molecule has 1 saturated heterocycles. The zero-order valence-corrected chi connectivity index (χ0v) is 12.6. The Morgan fingerprint density at radius 1 is 1.55 bits per heavy atom. The molecule has 1 aliphatic rings. The quantitative estimate of drug-likeness (QED) is 0.941. The van der Waals surface area contributed by atoms with Gasteiger partial charge in [-0.05, 0) is 23.8 Å². The van der Waals surface area contributed by atoms with E-state index in [-0.39, 0.29) is 0 Å². The fourth-order valence-corrected chi connectivity index (χ4v) is 3.52. The van der Waals surface area contributed by atoms with Crippen molar-refractivity contribution in [3.63, 3.8) is 0 Å². The average Bonchev–Trinajstić information content (AvgIpc) is 3.11. The van der Waals surface area contributed by atoms with E-state index in [0.29, 0.717) is 12.0 Å². The average molecular weight is 291 g/mol. The molecule has 2 aromatic rings. The van der Waals surface area contributed by atoms with Crippen molar-refractivity contribution in [2.75, 3.05) is 13.1 Å². The van der Waals surface area contributed by atoms with E-state index in [9.17, 15) is 0 Å². The van der Waals surface area contributed by atoms with Gasteiger partial charge in [0.25, 0.3) is 0 Å². The molecule has 1 aliphatic heterocycles. The van der Waals surface area contributed by atoms with Crippen molar-refractivity contribution in [3.05, 3.63) is 29.3 Å². The molecule has 0 aromatic carbocycles. The number of rotatable bonds is 4. The minimum atomic E-state index is 0.357. The predicted octanol–water partition coefficient (Wildman–Crippen LogP) is 2.96.